The molecule has 0 radical (unpaired) electrons. The van der Waals surface area contributed by atoms with Gasteiger partial charge in [0.15, 0.2) is 10.2 Å². The SMILES string of the molecule is COc1ccc([C@H]2NC(=S)N3[C@@H](c4ccc(OC)cc4)NC(=S)N23)cc1. The topological polar surface area (TPSA) is 49.0 Å². The van der Waals surface area contributed by atoms with Crippen LogP contribution in [0.15, 0.2) is 48.5 Å². The third-order valence-electron chi connectivity index (χ3n) is 4.52. The smallest absolute Gasteiger partial charge is 0.192 e. The van der Waals surface area contributed by atoms with E-state index in [9.17, 15) is 0 Å². The van der Waals surface area contributed by atoms with E-state index in [2.05, 4.69) is 10.6 Å². The summed E-state index contributed by atoms with van der Waals surface area (Å²) in [5.74, 6) is 1.62. The fourth-order valence-electron chi connectivity index (χ4n) is 3.19. The van der Waals surface area contributed by atoms with Gasteiger partial charge < -0.3 is 20.1 Å². The fraction of sp³-hybridized carbons (Fsp3) is 0.222. The van der Waals surface area contributed by atoms with Gasteiger partial charge in [-0.1, -0.05) is 24.3 Å². The van der Waals surface area contributed by atoms with Crippen LogP contribution in [0.5, 0.6) is 11.5 Å². The molecule has 26 heavy (non-hydrogen) atoms. The number of rotatable bonds is 4. The molecule has 2 aliphatic heterocycles. The zero-order valence-corrected chi connectivity index (χ0v) is 15.9. The lowest BCUT2D eigenvalue weighted by Gasteiger charge is -2.26. The van der Waals surface area contributed by atoms with E-state index in [1.54, 1.807) is 14.2 Å². The quantitative estimate of drug-likeness (QED) is 0.778. The number of benzene rings is 2. The molecule has 0 amide bonds. The minimum atomic E-state index is -0.156. The molecule has 2 fully saturated rings. The number of hydrazine groups is 1. The molecule has 0 unspecified atom stereocenters. The molecule has 0 bridgehead atoms. The van der Waals surface area contributed by atoms with Crippen molar-refractivity contribution < 1.29 is 9.47 Å². The fourth-order valence-corrected chi connectivity index (χ4v) is 3.80. The molecule has 2 N–H and O–H groups in total. The Kier molecular flexibility index (Phi) is 4.29. The number of ether oxygens (including phenoxy) is 2. The summed E-state index contributed by atoms with van der Waals surface area (Å²) in [4.78, 5) is 0. The highest BCUT2D eigenvalue weighted by molar-refractivity contribution is 7.80. The summed E-state index contributed by atoms with van der Waals surface area (Å²) in [6.45, 7) is 0. The highest BCUT2D eigenvalue weighted by Gasteiger charge is 2.47. The van der Waals surface area contributed by atoms with Gasteiger partial charge in [0.05, 0.1) is 14.2 Å². The first-order valence-corrected chi connectivity index (χ1v) is 8.91. The van der Waals surface area contributed by atoms with Crippen LogP contribution >= 0.6 is 24.4 Å². The van der Waals surface area contributed by atoms with Crippen molar-refractivity contribution in [1.82, 2.24) is 20.7 Å². The summed E-state index contributed by atoms with van der Waals surface area (Å²) < 4.78 is 10.5. The predicted molar refractivity (Wildman–Crippen MR) is 107 cm³/mol. The first-order valence-electron chi connectivity index (χ1n) is 8.09. The van der Waals surface area contributed by atoms with Gasteiger partial charge in [0.1, 0.15) is 23.8 Å². The van der Waals surface area contributed by atoms with E-state index in [-0.39, 0.29) is 12.3 Å². The first kappa shape index (κ1) is 16.9. The number of thiocarbonyl (C=S) groups is 2. The molecule has 0 saturated carbocycles. The molecule has 2 aliphatic rings. The van der Waals surface area contributed by atoms with Crippen molar-refractivity contribution in [3.63, 3.8) is 0 Å². The second kappa shape index (κ2) is 6.62. The maximum absolute atomic E-state index is 5.59. The highest BCUT2D eigenvalue weighted by atomic mass is 32.1. The third kappa shape index (κ3) is 2.71. The largest absolute Gasteiger partial charge is 0.497 e. The molecule has 2 aromatic rings. The molecule has 6 nitrogen and oxygen atoms in total. The van der Waals surface area contributed by atoms with Gasteiger partial charge in [0, 0.05) is 0 Å². The van der Waals surface area contributed by atoms with Crippen LogP contribution < -0.4 is 20.1 Å². The minimum Gasteiger partial charge on any atom is -0.497 e. The molecule has 2 aromatic carbocycles. The summed E-state index contributed by atoms with van der Waals surface area (Å²) in [6.07, 6.45) is -0.312. The van der Waals surface area contributed by atoms with E-state index >= 15 is 0 Å². The molecule has 2 atom stereocenters. The third-order valence-corrected chi connectivity index (χ3v) is 5.13. The average Bonchev–Trinajstić information content (AvgIpc) is 3.21. The van der Waals surface area contributed by atoms with E-state index in [4.69, 9.17) is 33.9 Å². The number of hydrogen-bond acceptors (Lipinski definition) is 4. The number of nitrogens with one attached hydrogen (secondary N) is 2. The highest BCUT2D eigenvalue weighted by Crippen LogP contribution is 2.37. The van der Waals surface area contributed by atoms with Crippen molar-refractivity contribution in [2.75, 3.05) is 14.2 Å². The van der Waals surface area contributed by atoms with Gasteiger partial charge in [-0.25, -0.2) is 10.0 Å². The Bertz CT molecular complexity index is 770. The second-order valence-corrected chi connectivity index (χ2v) is 6.71. The maximum atomic E-state index is 5.59. The minimum absolute atomic E-state index is 0.156. The molecule has 0 aromatic heterocycles. The van der Waals surface area contributed by atoms with Crippen LogP contribution in [-0.2, 0) is 0 Å². The van der Waals surface area contributed by atoms with Crippen molar-refractivity contribution in [1.29, 1.82) is 0 Å². The zero-order valence-electron chi connectivity index (χ0n) is 14.3. The van der Waals surface area contributed by atoms with Crippen LogP contribution in [0.2, 0.25) is 0 Å². The summed E-state index contributed by atoms with van der Waals surface area (Å²) in [5.41, 5.74) is 2.10. The van der Waals surface area contributed by atoms with Gasteiger partial charge in [0.2, 0.25) is 0 Å². The van der Waals surface area contributed by atoms with Crippen molar-refractivity contribution in [2.24, 2.45) is 0 Å². The zero-order chi connectivity index (χ0) is 18.3. The monoisotopic (exact) mass is 386 g/mol. The van der Waals surface area contributed by atoms with Crippen molar-refractivity contribution in [2.45, 2.75) is 12.3 Å². The van der Waals surface area contributed by atoms with Crippen LogP contribution in [0.25, 0.3) is 0 Å². The second-order valence-electron chi connectivity index (χ2n) is 5.94. The summed E-state index contributed by atoms with van der Waals surface area (Å²) >= 11 is 11.2. The molecular weight excluding hydrogens is 368 g/mol. The normalized spacial score (nSPS) is 21.3. The van der Waals surface area contributed by atoms with Crippen LogP contribution in [0, 0.1) is 0 Å². The number of nitrogens with zero attached hydrogens (tertiary/aromatic N) is 2. The van der Waals surface area contributed by atoms with Gasteiger partial charge in [-0.05, 0) is 59.8 Å². The molecule has 0 spiro atoms. The van der Waals surface area contributed by atoms with Crippen LogP contribution in [0.1, 0.15) is 23.5 Å². The Balaban J connectivity index is 1.63. The molecule has 134 valence electrons. The van der Waals surface area contributed by atoms with Crippen LogP contribution in [-0.4, -0.2) is 34.5 Å². The number of fused-ring (bicyclic) bond motifs is 1. The average molecular weight is 387 g/mol. The van der Waals surface area contributed by atoms with Crippen LogP contribution in [0.4, 0.5) is 0 Å². The molecular formula is C18H18N4O2S2. The van der Waals surface area contributed by atoms with E-state index in [0.717, 1.165) is 22.6 Å². The Morgan fingerprint density at radius 3 is 1.35 bits per heavy atom. The van der Waals surface area contributed by atoms with Crippen molar-refractivity contribution in [3.05, 3.63) is 59.7 Å². The van der Waals surface area contributed by atoms with Gasteiger partial charge in [-0.3, -0.25) is 0 Å². The summed E-state index contributed by atoms with van der Waals surface area (Å²) in [6, 6.07) is 15.7. The van der Waals surface area contributed by atoms with E-state index in [1.165, 1.54) is 0 Å². The van der Waals surface area contributed by atoms with Gasteiger partial charge in [-0.2, -0.15) is 0 Å². The van der Waals surface area contributed by atoms with E-state index in [1.807, 2.05) is 58.5 Å². The Hall–Kier alpha value is -2.58. The summed E-state index contributed by atoms with van der Waals surface area (Å²) in [5, 5.41) is 11.9. The maximum Gasteiger partial charge on any atom is 0.192 e. The Labute approximate surface area is 162 Å². The summed E-state index contributed by atoms with van der Waals surface area (Å²) in [7, 11) is 3.30. The lowest BCUT2D eigenvalue weighted by Crippen LogP contribution is -2.36. The molecule has 2 heterocycles. The standard InChI is InChI=1S/C18H18N4O2S2/c1-23-13-7-3-11(4-8-13)15-19-17(25)22-16(20-18(26)21(15)22)12-5-9-14(24-2)10-6-12/h3-10,15-16H,1-2H3,(H,19,25)(H,20,26)/t15-,16-/m0/s1. The molecule has 0 aliphatic carbocycles. The molecule has 8 heteroatoms. The predicted octanol–water partition coefficient (Wildman–Crippen LogP) is 2.70. The lowest BCUT2D eigenvalue weighted by molar-refractivity contribution is 0.114. The lowest BCUT2D eigenvalue weighted by atomic mass is 10.1. The van der Waals surface area contributed by atoms with Gasteiger partial charge in [-0.15, -0.1) is 0 Å². The Morgan fingerprint density at radius 2 is 1.04 bits per heavy atom. The van der Waals surface area contributed by atoms with Crippen LogP contribution in [0.3, 0.4) is 0 Å². The van der Waals surface area contributed by atoms with E-state index < -0.39 is 0 Å². The van der Waals surface area contributed by atoms with Gasteiger partial charge in [0.25, 0.3) is 0 Å². The molecule has 2 saturated heterocycles. The molecule has 4 rings (SSSR count). The number of hydrogen-bond donors (Lipinski definition) is 2. The Morgan fingerprint density at radius 1 is 0.692 bits per heavy atom. The van der Waals surface area contributed by atoms with Crippen molar-refractivity contribution >= 4 is 34.7 Å². The first-order chi connectivity index (χ1) is 12.6. The van der Waals surface area contributed by atoms with Gasteiger partial charge >= 0.3 is 0 Å². The van der Waals surface area contributed by atoms with Crippen molar-refractivity contribution in [3.8, 4) is 11.5 Å². The van der Waals surface area contributed by atoms with E-state index in [0.29, 0.717) is 10.2 Å². The number of methoxy groups -OCH3 is 2.